The molecule has 1 aromatic heterocycles. The second kappa shape index (κ2) is 5.52. The Hall–Kier alpha value is -1.36. The van der Waals surface area contributed by atoms with Crippen LogP contribution in [0.1, 0.15) is 25.5 Å². The molecule has 3 nitrogen and oxygen atoms in total. The van der Waals surface area contributed by atoms with Gasteiger partial charge in [-0.2, -0.15) is 5.10 Å². The maximum Gasteiger partial charge on any atom is 0.147 e. The Balaban J connectivity index is 2.07. The molecular formula is C13H15BrFN3. The lowest BCUT2D eigenvalue weighted by Crippen LogP contribution is -2.02. The number of hydrogen-bond donors (Lipinski definition) is 1. The SMILES string of the molecule is CC(C)n1cc(CNc2c(F)cccc2Br)cn1. The van der Waals surface area contributed by atoms with Gasteiger partial charge in [0.1, 0.15) is 5.82 Å². The van der Waals surface area contributed by atoms with Crippen molar-refractivity contribution < 1.29 is 4.39 Å². The molecule has 5 heteroatoms. The van der Waals surface area contributed by atoms with Crippen molar-refractivity contribution in [2.24, 2.45) is 0 Å². The van der Waals surface area contributed by atoms with Gasteiger partial charge < -0.3 is 5.32 Å². The fourth-order valence-electron chi connectivity index (χ4n) is 1.61. The summed E-state index contributed by atoms with van der Waals surface area (Å²) in [6.45, 7) is 4.68. The maximum absolute atomic E-state index is 13.6. The Morgan fingerprint density at radius 2 is 2.22 bits per heavy atom. The summed E-state index contributed by atoms with van der Waals surface area (Å²) in [5.41, 5.74) is 1.51. The minimum Gasteiger partial charge on any atom is -0.378 e. The standard InChI is InChI=1S/C13H15BrFN3/c1-9(2)18-8-10(7-17-18)6-16-13-11(14)4-3-5-12(13)15/h3-5,7-9,16H,6H2,1-2H3. The summed E-state index contributed by atoms with van der Waals surface area (Å²) < 4.78 is 16.2. The van der Waals surface area contributed by atoms with Gasteiger partial charge in [0, 0.05) is 28.8 Å². The first-order valence-electron chi connectivity index (χ1n) is 5.79. The monoisotopic (exact) mass is 311 g/mol. The van der Waals surface area contributed by atoms with Gasteiger partial charge in [-0.3, -0.25) is 4.68 Å². The maximum atomic E-state index is 13.6. The van der Waals surface area contributed by atoms with Crippen LogP contribution in [0.25, 0.3) is 0 Å². The number of para-hydroxylation sites is 1. The van der Waals surface area contributed by atoms with Crippen LogP contribution in [0, 0.1) is 5.82 Å². The summed E-state index contributed by atoms with van der Waals surface area (Å²) in [4.78, 5) is 0. The number of hydrogen-bond acceptors (Lipinski definition) is 2. The molecule has 1 N–H and O–H groups in total. The molecule has 0 radical (unpaired) electrons. The molecule has 0 fully saturated rings. The van der Waals surface area contributed by atoms with E-state index in [0.717, 1.165) is 10.0 Å². The molecule has 0 bridgehead atoms. The van der Waals surface area contributed by atoms with Crippen LogP contribution in [0.3, 0.4) is 0 Å². The molecular weight excluding hydrogens is 297 g/mol. The summed E-state index contributed by atoms with van der Waals surface area (Å²) in [6, 6.07) is 5.24. The Morgan fingerprint density at radius 3 is 2.83 bits per heavy atom. The van der Waals surface area contributed by atoms with Gasteiger partial charge in [-0.25, -0.2) is 4.39 Å². The average Bonchev–Trinajstić information content (AvgIpc) is 2.77. The fourth-order valence-corrected chi connectivity index (χ4v) is 2.09. The molecule has 1 heterocycles. The van der Waals surface area contributed by atoms with Gasteiger partial charge in [-0.1, -0.05) is 6.07 Å². The summed E-state index contributed by atoms with van der Waals surface area (Å²) in [7, 11) is 0. The van der Waals surface area contributed by atoms with E-state index >= 15 is 0 Å². The predicted molar refractivity (Wildman–Crippen MR) is 74.0 cm³/mol. The van der Waals surface area contributed by atoms with Crippen molar-refractivity contribution in [3.63, 3.8) is 0 Å². The fraction of sp³-hybridized carbons (Fsp3) is 0.308. The molecule has 18 heavy (non-hydrogen) atoms. The first-order chi connectivity index (χ1) is 8.58. The number of aromatic nitrogens is 2. The van der Waals surface area contributed by atoms with Gasteiger partial charge in [0.25, 0.3) is 0 Å². The third-order valence-electron chi connectivity index (χ3n) is 2.62. The number of anilines is 1. The second-order valence-corrected chi connectivity index (χ2v) is 5.23. The van der Waals surface area contributed by atoms with Crippen LogP contribution in [-0.4, -0.2) is 9.78 Å². The van der Waals surface area contributed by atoms with Crippen LogP contribution < -0.4 is 5.32 Å². The highest BCUT2D eigenvalue weighted by Gasteiger charge is 2.07. The van der Waals surface area contributed by atoms with Gasteiger partial charge in [-0.05, 0) is 41.9 Å². The number of nitrogens with zero attached hydrogens (tertiary/aromatic N) is 2. The normalized spacial score (nSPS) is 10.9. The largest absolute Gasteiger partial charge is 0.378 e. The zero-order valence-electron chi connectivity index (χ0n) is 10.3. The van der Waals surface area contributed by atoms with Crippen molar-refractivity contribution >= 4 is 21.6 Å². The van der Waals surface area contributed by atoms with E-state index in [4.69, 9.17) is 0 Å². The Labute approximate surface area is 114 Å². The molecule has 0 unspecified atom stereocenters. The van der Waals surface area contributed by atoms with E-state index in [0.29, 0.717) is 18.3 Å². The van der Waals surface area contributed by atoms with Gasteiger partial charge in [0.05, 0.1) is 11.9 Å². The van der Waals surface area contributed by atoms with Crippen LogP contribution in [0.5, 0.6) is 0 Å². The van der Waals surface area contributed by atoms with Crippen molar-refractivity contribution in [2.45, 2.75) is 26.4 Å². The lowest BCUT2D eigenvalue weighted by Gasteiger charge is -2.08. The summed E-state index contributed by atoms with van der Waals surface area (Å²) in [5.74, 6) is -0.263. The van der Waals surface area contributed by atoms with E-state index in [1.807, 2.05) is 16.9 Å². The molecule has 2 aromatic rings. The Kier molecular flexibility index (Phi) is 4.01. The molecule has 0 atom stereocenters. The molecule has 0 aliphatic carbocycles. The lowest BCUT2D eigenvalue weighted by molar-refractivity contribution is 0.532. The minimum atomic E-state index is -0.263. The first-order valence-corrected chi connectivity index (χ1v) is 6.58. The summed E-state index contributed by atoms with van der Waals surface area (Å²) >= 11 is 3.33. The third-order valence-corrected chi connectivity index (χ3v) is 3.28. The molecule has 0 saturated heterocycles. The predicted octanol–water partition coefficient (Wildman–Crippen LogP) is 3.98. The molecule has 0 spiro atoms. The van der Waals surface area contributed by atoms with Crippen molar-refractivity contribution in [2.75, 3.05) is 5.32 Å². The second-order valence-electron chi connectivity index (χ2n) is 4.37. The van der Waals surface area contributed by atoms with Crippen LogP contribution in [0.2, 0.25) is 0 Å². The summed E-state index contributed by atoms with van der Waals surface area (Å²) in [5, 5.41) is 7.32. The van der Waals surface area contributed by atoms with Gasteiger partial charge in [0.15, 0.2) is 0 Å². The van der Waals surface area contributed by atoms with E-state index in [-0.39, 0.29) is 5.82 Å². The van der Waals surface area contributed by atoms with E-state index in [2.05, 4.69) is 40.2 Å². The van der Waals surface area contributed by atoms with Crippen molar-refractivity contribution in [1.29, 1.82) is 0 Å². The van der Waals surface area contributed by atoms with Gasteiger partial charge in [0.2, 0.25) is 0 Å². The topological polar surface area (TPSA) is 29.9 Å². The molecule has 96 valence electrons. The molecule has 0 saturated carbocycles. The average molecular weight is 312 g/mol. The molecule has 2 rings (SSSR count). The van der Waals surface area contributed by atoms with Crippen LogP contribution in [-0.2, 0) is 6.54 Å². The molecule has 0 aliphatic heterocycles. The smallest absolute Gasteiger partial charge is 0.147 e. The number of halogens is 2. The van der Waals surface area contributed by atoms with Gasteiger partial charge in [-0.15, -0.1) is 0 Å². The molecule has 1 aromatic carbocycles. The lowest BCUT2D eigenvalue weighted by atomic mass is 10.3. The van der Waals surface area contributed by atoms with Gasteiger partial charge >= 0.3 is 0 Å². The molecule has 0 aliphatic rings. The van der Waals surface area contributed by atoms with E-state index in [1.165, 1.54) is 6.07 Å². The van der Waals surface area contributed by atoms with Crippen molar-refractivity contribution in [1.82, 2.24) is 9.78 Å². The zero-order chi connectivity index (χ0) is 13.1. The van der Waals surface area contributed by atoms with Crippen LogP contribution in [0.4, 0.5) is 10.1 Å². The third kappa shape index (κ3) is 2.90. The van der Waals surface area contributed by atoms with Crippen LogP contribution >= 0.6 is 15.9 Å². The highest BCUT2D eigenvalue weighted by Crippen LogP contribution is 2.25. The first kappa shape index (κ1) is 13.1. The van der Waals surface area contributed by atoms with Crippen molar-refractivity contribution in [3.8, 4) is 0 Å². The number of nitrogens with one attached hydrogen (secondary N) is 1. The summed E-state index contributed by atoms with van der Waals surface area (Å²) in [6.07, 6.45) is 3.76. The molecule has 0 amide bonds. The Morgan fingerprint density at radius 1 is 1.44 bits per heavy atom. The van der Waals surface area contributed by atoms with E-state index in [1.54, 1.807) is 12.3 Å². The zero-order valence-corrected chi connectivity index (χ0v) is 11.9. The van der Waals surface area contributed by atoms with E-state index in [9.17, 15) is 4.39 Å². The van der Waals surface area contributed by atoms with Crippen LogP contribution in [0.15, 0.2) is 35.1 Å². The van der Waals surface area contributed by atoms with Crippen molar-refractivity contribution in [3.05, 3.63) is 46.4 Å². The number of rotatable bonds is 4. The van der Waals surface area contributed by atoms with E-state index < -0.39 is 0 Å². The minimum absolute atomic E-state index is 0.263. The highest BCUT2D eigenvalue weighted by molar-refractivity contribution is 9.10. The number of benzene rings is 1. The quantitative estimate of drug-likeness (QED) is 0.925. The Bertz CT molecular complexity index is 517. The highest BCUT2D eigenvalue weighted by atomic mass is 79.9.